The Morgan fingerprint density at radius 1 is 1.19 bits per heavy atom. The first-order valence-corrected chi connectivity index (χ1v) is 8.41. The maximum absolute atomic E-state index is 12.6. The summed E-state index contributed by atoms with van der Waals surface area (Å²) in [4.78, 5) is 36.2. The summed E-state index contributed by atoms with van der Waals surface area (Å²) in [5.74, 6) is -0.685. The highest BCUT2D eigenvalue weighted by Crippen LogP contribution is 2.28. The van der Waals surface area contributed by atoms with E-state index in [0.29, 0.717) is 12.3 Å². The van der Waals surface area contributed by atoms with Gasteiger partial charge >= 0.3 is 5.97 Å². The lowest BCUT2D eigenvalue weighted by Crippen LogP contribution is -2.39. The summed E-state index contributed by atoms with van der Waals surface area (Å²) in [7, 11) is 0. The van der Waals surface area contributed by atoms with Crippen molar-refractivity contribution in [3.63, 3.8) is 0 Å². The molecule has 0 unspecified atom stereocenters. The number of rotatable bonds is 6. The molecule has 0 N–H and O–H groups in total. The van der Waals surface area contributed by atoms with E-state index >= 15 is 0 Å². The van der Waals surface area contributed by atoms with E-state index in [0.717, 1.165) is 17.7 Å². The molecule has 3 rings (SSSR count). The van der Waals surface area contributed by atoms with Crippen molar-refractivity contribution in [3.8, 4) is 5.75 Å². The maximum atomic E-state index is 12.6. The molecule has 1 heterocycles. The van der Waals surface area contributed by atoms with Crippen LogP contribution in [0.5, 0.6) is 5.75 Å². The summed E-state index contributed by atoms with van der Waals surface area (Å²) >= 11 is 0. The van der Waals surface area contributed by atoms with Gasteiger partial charge in [0.2, 0.25) is 0 Å². The van der Waals surface area contributed by atoms with Crippen LogP contribution >= 0.6 is 0 Å². The largest absolute Gasteiger partial charge is 0.482 e. The van der Waals surface area contributed by atoms with Crippen molar-refractivity contribution in [2.75, 3.05) is 18.1 Å². The van der Waals surface area contributed by atoms with E-state index in [4.69, 9.17) is 9.47 Å². The molecule has 8 heteroatoms. The van der Waals surface area contributed by atoms with Crippen molar-refractivity contribution in [3.05, 3.63) is 64.2 Å². The average molecular weight is 370 g/mol. The Bertz CT molecular complexity index is 865. The Hall–Kier alpha value is -3.42. The minimum absolute atomic E-state index is 0.0740. The number of amides is 1. The number of nitro benzene ring substituents is 1. The van der Waals surface area contributed by atoms with Crippen LogP contribution in [-0.2, 0) is 20.7 Å². The number of fused-ring (bicyclic) bond motifs is 1. The number of para-hydroxylation sites is 1. The van der Waals surface area contributed by atoms with Gasteiger partial charge in [0.25, 0.3) is 11.6 Å². The monoisotopic (exact) mass is 370 g/mol. The number of nitro groups is 1. The second kappa shape index (κ2) is 7.86. The van der Waals surface area contributed by atoms with E-state index < -0.39 is 23.6 Å². The molecule has 2 aromatic carbocycles. The van der Waals surface area contributed by atoms with Gasteiger partial charge in [-0.15, -0.1) is 0 Å². The molecule has 2 aromatic rings. The molecule has 0 saturated heterocycles. The highest BCUT2D eigenvalue weighted by atomic mass is 16.6. The Morgan fingerprint density at radius 3 is 2.59 bits per heavy atom. The van der Waals surface area contributed by atoms with E-state index in [1.807, 2.05) is 24.3 Å². The first kappa shape index (κ1) is 18.4. The number of nitrogens with zero attached hydrogens (tertiary/aromatic N) is 2. The lowest BCUT2D eigenvalue weighted by molar-refractivity contribution is -0.384. The van der Waals surface area contributed by atoms with Crippen LogP contribution in [0.1, 0.15) is 12.5 Å². The zero-order valence-electron chi connectivity index (χ0n) is 14.7. The minimum atomic E-state index is -0.941. The Kier molecular flexibility index (Phi) is 5.35. The van der Waals surface area contributed by atoms with Crippen LogP contribution in [0.15, 0.2) is 48.5 Å². The third-order valence-corrected chi connectivity index (χ3v) is 4.21. The van der Waals surface area contributed by atoms with E-state index in [1.165, 1.54) is 31.2 Å². The number of non-ortho nitro benzene ring substituents is 1. The van der Waals surface area contributed by atoms with Crippen molar-refractivity contribution in [1.29, 1.82) is 0 Å². The maximum Gasteiger partial charge on any atom is 0.344 e. The predicted octanol–water partition coefficient (Wildman–Crippen LogP) is 2.49. The van der Waals surface area contributed by atoms with E-state index in [9.17, 15) is 19.7 Å². The molecule has 0 spiro atoms. The number of carbonyl (C=O) groups is 2. The number of hydrogen-bond donors (Lipinski definition) is 0. The lowest BCUT2D eigenvalue weighted by Gasteiger charge is -2.21. The third-order valence-electron chi connectivity index (χ3n) is 4.21. The Morgan fingerprint density at radius 2 is 1.89 bits per heavy atom. The van der Waals surface area contributed by atoms with Crippen LogP contribution in [0.2, 0.25) is 0 Å². The van der Waals surface area contributed by atoms with Crippen LogP contribution < -0.4 is 9.64 Å². The van der Waals surface area contributed by atoms with Crippen molar-refractivity contribution in [2.24, 2.45) is 0 Å². The highest BCUT2D eigenvalue weighted by molar-refractivity contribution is 5.99. The summed E-state index contributed by atoms with van der Waals surface area (Å²) in [6, 6.07) is 13.0. The van der Waals surface area contributed by atoms with Crippen molar-refractivity contribution in [2.45, 2.75) is 19.4 Å². The van der Waals surface area contributed by atoms with Crippen molar-refractivity contribution >= 4 is 23.3 Å². The molecule has 1 atom stereocenters. The molecule has 0 bridgehead atoms. The van der Waals surface area contributed by atoms with Gasteiger partial charge in [-0.1, -0.05) is 18.2 Å². The summed E-state index contributed by atoms with van der Waals surface area (Å²) in [5, 5.41) is 10.6. The van der Waals surface area contributed by atoms with E-state index in [-0.39, 0.29) is 11.6 Å². The molecule has 27 heavy (non-hydrogen) atoms. The van der Waals surface area contributed by atoms with Crippen LogP contribution in [0.4, 0.5) is 11.4 Å². The number of carbonyl (C=O) groups excluding carboxylic acids is 2. The molecule has 1 aliphatic heterocycles. The van der Waals surface area contributed by atoms with Crippen LogP contribution in [-0.4, -0.2) is 36.1 Å². The molecule has 0 aromatic heterocycles. The van der Waals surface area contributed by atoms with Gasteiger partial charge in [-0.25, -0.2) is 4.79 Å². The van der Waals surface area contributed by atoms with E-state index in [1.54, 1.807) is 4.90 Å². The second-order valence-electron chi connectivity index (χ2n) is 6.04. The first-order valence-electron chi connectivity index (χ1n) is 8.41. The van der Waals surface area contributed by atoms with Crippen LogP contribution in [0.25, 0.3) is 0 Å². The van der Waals surface area contributed by atoms with Crippen LogP contribution in [0, 0.1) is 10.1 Å². The summed E-state index contributed by atoms with van der Waals surface area (Å²) in [5.41, 5.74) is 1.86. The number of esters is 1. The normalized spacial score (nSPS) is 13.6. The van der Waals surface area contributed by atoms with Gasteiger partial charge in [0, 0.05) is 24.4 Å². The van der Waals surface area contributed by atoms with Crippen molar-refractivity contribution < 1.29 is 24.0 Å². The van der Waals surface area contributed by atoms with Crippen LogP contribution in [0.3, 0.4) is 0 Å². The predicted molar refractivity (Wildman–Crippen MR) is 96.6 cm³/mol. The summed E-state index contributed by atoms with van der Waals surface area (Å²) < 4.78 is 10.4. The molecule has 0 aliphatic carbocycles. The molecular formula is C19H18N2O6. The fourth-order valence-corrected chi connectivity index (χ4v) is 2.87. The fraction of sp³-hybridized carbons (Fsp3) is 0.263. The van der Waals surface area contributed by atoms with Crippen molar-refractivity contribution in [1.82, 2.24) is 0 Å². The minimum Gasteiger partial charge on any atom is -0.482 e. The zero-order valence-corrected chi connectivity index (χ0v) is 14.7. The quantitative estimate of drug-likeness (QED) is 0.440. The van der Waals surface area contributed by atoms with Gasteiger partial charge in [-0.05, 0) is 37.1 Å². The molecule has 0 fully saturated rings. The number of anilines is 1. The molecule has 1 aliphatic rings. The first-order chi connectivity index (χ1) is 13.0. The third kappa shape index (κ3) is 4.22. The second-order valence-corrected chi connectivity index (χ2v) is 6.04. The molecule has 0 saturated carbocycles. The Balaban J connectivity index is 1.52. The topological polar surface area (TPSA) is 99.0 Å². The van der Waals surface area contributed by atoms with Gasteiger partial charge in [0.15, 0.2) is 12.7 Å². The van der Waals surface area contributed by atoms with Gasteiger partial charge in [0.05, 0.1) is 4.92 Å². The van der Waals surface area contributed by atoms with Gasteiger partial charge in [-0.3, -0.25) is 14.9 Å². The Labute approximate surface area is 155 Å². The number of benzene rings is 2. The highest BCUT2D eigenvalue weighted by Gasteiger charge is 2.29. The van der Waals surface area contributed by atoms with Gasteiger partial charge in [-0.2, -0.15) is 0 Å². The van der Waals surface area contributed by atoms with Gasteiger partial charge < -0.3 is 14.4 Å². The molecule has 8 nitrogen and oxygen atoms in total. The molecule has 140 valence electrons. The zero-order chi connectivity index (χ0) is 19.4. The smallest absolute Gasteiger partial charge is 0.344 e. The SMILES string of the molecule is C[C@H](OC(=O)COc1ccc([N+](=O)[O-])cc1)C(=O)N1CCc2ccccc21. The lowest BCUT2D eigenvalue weighted by atomic mass is 10.2. The summed E-state index contributed by atoms with van der Waals surface area (Å²) in [6.45, 7) is 1.68. The number of ether oxygens (including phenoxy) is 2. The molecule has 0 radical (unpaired) electrons. The van der Waals surface area contributed by atoms with Gasteiger partial charge in [0.1, 0.15) is 5.75 Å². The fourth-order valence-electron chi connectivity index (χ4n) is 2.87. The standard InChI is InChI=1S/C19H18N2O6/c1-13(19(23)20-11-10-14-4-2-3-5-17(14)20)27-18(22)12-26-16-8-6-15(7-9-16)21(24)25/h2-9,13H,10-12H2,1H3/t13-/m0/s1. The molecule has 1 amide bonds. The average Bonchev–Trinajstić information content (AvgIpc) is 3.10. The summed E-state index contributed by atoms with van der Waals surface area (Å²) in [6.07, 6.45) is -0.171. The number of hydrogen-bond acceptors (Lipinski definition) is 6. The molecular weight excluding hydrogens is 352 g/mol. The van der Waals surface area contributed by atoms with E-state index in [2.05, 4.69) is 0 Å².